The van der Waals surface area contributed by atoms with E-state index in [0.717, 1.165) is 26.1 Å². The first-order chi connectivity index (χ1) is 6.72. The molecule has 0 aromatic carbocycles. The van der Waals surface area contributed by atoms with Crippen LogP contribution in [0.25, 0.3) is 0 Å². The maximum atomic E-state index is 4.28. The molecule has 0 bridgehead atoms. The quantitative estimate of drug-likeness (QED) is 0.815. The van der Waals surface area contributed by atoms with Gasteiger partial charge in [-0.3, -0.25) is 4.68 Å². The van der Waals surface area contributed by atoms with Gasteiger partial charge in [0.05, 0.1) is 6.20 Å². The summed E-state index contributed by atoms with van der Waals surface area (Å²) in [7, 11) is 0. The van der Waals surface area contributed by atoms with Crippen molar-refractivity contribution in [2.75, 3.05) is 6.54 Å². The first-order valence-electron chi connectivity index (χ1n) is 5.44. The summed E-state index contributed by atoms with van der Waals surface area (Å²) in [6, 6.07) is 0. The Hall–Kier alpha value is -0.540. The predicted molar refractivity (Wildman–Crippen MR) is 66.3 cm³/mol. The second-order valence-electron chi connectivity index (χ2n) is 4.14. The fourth-order valence-corrected chi connectivity index (χ4v) is 1.35. The Morgan fingerprint density at radius 3 is 2.80 bits per heavy atom. The Bertz CT molecular complexity index is 258. The van der Waals surface area contributed by atoms with Crippen molar-refractivity contribution >= 4 is 12.4 Å². The zero-order valence-electron chi connectivity index (χ0n) is 9.86. The van der Waals surface area contributed by atoms with Crippen molar-refractivity contribution in [1.82, 2.24) is 15.1 Å². The van der Waals surface area contributed by atoms with E-state index >= 15 is 0 Å². The van der Waals surface area contributed by atoms with Gasteiger partial charge in [0.1, 0.15) is 0 Å². The third-order valence-corrected chi connectivity index (χ3v) is 2.02. The summed E-state index contributed by atoms with van der Waals surface area (Å²) >= 11 is 0. The molecule has 0 atom stereocenters. The Morgan fingerprint density at radius 2 is 2.20 bits per heavy atom. The molecule has 0 aliphatic heterocycles. The number of aryl methyl sites for hydroxylation is 1. The van der Waals surface area contributed by atoms with Gasteiger partial charge in [0.2, 0.25) is 0 Å². The van der Waals surface area contributed by atoms with Crippen LogP contribution in [0.15, 0.2) is 12.4 Å². The van der Waals surface area contributed by atoms with Gasteiger partial charge in [-0.25, -0.2) is 0 Å². The van der Waals surface area contributed by atoms with Crippen LogP contribution >= 0.6 is 12.4 Å². The lowest BCUT2D eigenvalue weighted by Gasteiger charge is -2.04. The number of aromatic nitrogens is 2. The fourth-order valence-electron chi connectivity index (χ4n) is 1.35. The lowest BCUT2D eigenvalue weighted by molar-refractivity contribution is 0.551. The zero-order valence-corrected chi connectivity index (χ0v) is 10.7. The van der Waals surface area contributed by atoms with E-state index in [4.69, 9.17) is 0 Å². The summed E-state index contributed by atoms with van der Waals surface area (Å²) in [6.45, 7) is 9.62. The molecule has 1 N–H and O–H groups in total. The van der Waals surface area contributed by atoms with Crippen molar-refractivity contribution in [2.45, 2.75) is 40.3 Å². The van der Waals surface area contributed by atoms with Crippen molar-refractivity contribution in [3.63, 3.8) is 0 Å². The Balaban J connectivity index is 0.00000196. The van der Waals surface area contributed by atoms with Gasteiger partial charge < -0.3 is 5.32 Å². The highest BCUT2D eigenvalue weighted by Crippen LogP contribution is 1.98. The van der Waals surface area contributed by atoms with Crippen molar-refractivity contribution < 1.29 is 0 Å². The smallest absolute Gasteiger partial charge is 0.0534 e. The highest BCUT2D eigenvalue weighted by atomic mass is 35.5. The Labute approximate surface area is 98.7 Å². The van der Waals surface area contributed by atoms with Crippen LogP contribution in [0.1, 0.15) is 32.8 Å². The third kappa shape index (κ3) is 5.80. The number of rotatable bonds is 6. The monoisotopic (exact) mass is 231 g/mol. The van der Waals surface area contributed by atoms with E-state index in [2.05, 4.69) is 37.4 Å². The van der Waals surface area contributed by atoms with Crippen LogP contribution in [0.4, 0.5) is 0 Å². The van der Waals surface area contributed by atoms with E-state index in [9.17, 15) is 0 Å². The van der Waals surface area contributed by atoms with Crippen LogP contribution < -0.4 is 5.32 Å². The SMILES string of the molecule is CCCn1cc(CNCC(C)C)cn1.Cl. The van der Waals surface area contributed by atoms with Crippen LogP contribution in [-0.4, -0.2) is 16.3 Å². The van der Waals surface area contributed by atoms with Gasteiger partial charge >= 0.3 is 0 Å². The standard InChI is InChI=1S/C11H21N3.ClH/c1-4-5-14-9-11(8-13-14)7-12-6-10(2)3;/h8-10,12H,4-7H2,1-3H3;1H. The maximum absolute atomic E-state index is 4.28. The lowest BCUT2D eigenvalue weighted by Crippen LogP contribution is -2.18. The average Bonchev–Trinajstić information content (AvgIpc) is 2.53. The molecule has 0 amide bonds. The molecule has 0 saturated heterocycles. The molecular formula is C11H22ClN3. The molecule has 0 spiro atoms. The molecule has 15 heavy (non-hydrogen) atoms. The molecule has 1 aromatic rings. The molecule has 4 heteroatoms. The normalized spacial score (nSPS) is 10.4. The molecule has 0 saturated carbocycles. The summed E-state index contributed by atoms with van der Waals surface area (Å²) in [5, 5.41) is 7.68. The fraction of sp³-hybridized carbons (Fsp3) is 0.727. The number of hydrogen-bond donors (Lipinski definition) is 1. The first kappa shape index (κ1) is 14.5. The molecule has 3 nitrogen and oxygen atoms in total. The van der Waals surface area contributed by atoms with Crippen molar-refractivity contribution in [2.24, 2.45) is 5.92 Å². The van der Waals surface area contributed by atoms with E-state index in [1.165, 1.54) is 5.56 Å². The van der Waals surface area contributed by atoms with E-state index < -0.39 is 0 Å². The summed E-state index contributed by atoms with van der Waals surface area (Å²) in [4.78, 5) is 0. The highest BCUT2D eigenvalue weighted by Gasteiger charge is 1.98. The van der Waals surface area contributed by atoms with E-state index in [0.29, 0.717) is 5.92 Å². The van der Waals surface area contributed by atoms with Crippen molar-refractivity contribution in [3.05, 3.63) is 18.0 Å². The molecular weight excluding hydrogens is 210 g/mol. The number of halogens is 1. The van der Waals surface area contributed by atoms with Crippen LogP contribution in [0, 0.1) is 5.92 Å². The molecule has 0 aliphatic carbocycles. The minimum Gasteiger partial charge on any atom is -0.312 e. The molecule has 0 fully saturated rings. The second kappa shape index (κ2) is 7.71. The molecule has 1 aromatic heterocycles. The summed E-state index contributed by atoms with van der Waals surface area (Å²) in [5.41, 5.74) is 1.28. The largest absolute Gasteiger partial charge is 0.312 e. The second-order valence-corrected chi connectivity index (χ2v) is 4.14. The van der Waals surface area contributed by atoms with Gasteiger partial charge in [-0.1, -0.05) is 20.8 Å². The van der Waals surface area contributed by atoms with Gasteiger partial charge in [-0.15, -0.1) is 12.4 Å². The van der Waals surface area contributed by atoms with Crippen LogP contribution in [0.5, 0.6) is 0 Å². The van der Waals surface area contributed by atoms with Crippen molar-refractivity contribution in [3.8, 4) is 0 Å². The van der Waals surface area contributed by atoms with Crippen LogP contribution in [-0.2, 0) is 13.1 Å². The number of hydrogen-bond acceptors (Lipinski definition) is 2. The van der Waals surface area contributed by atoms with E-state index in [1.807, 2.05) is 10.9 Å². The van der Waals surface area contributed by atoms with Crippen molar-refractivity contribution in [1.29, 1.82) is 0 Å². The van der Waals surface area contributed by atoms with Crippen LogP contribution in [0.3, 0.4) is 0 Å². The van der Waals surface area contributed by atoms with Gasteiger partial charge in [0, 0.05) is 24.8 Å². The number of nitrogens with one attached hydrogen (secondary N) is 1. The summed E-state index contributed by atoms with van der Waals surface area (Å²) in [5.74, 6) is 0.709. The molecule has 88 valence electrons. The van der Waals surface area contributed by atoms with Crippen LogP contribution in [0.2, 0.25) is 0 Å². The minimum atomic E-state index is 0. The van der Waals surface area contributed by atoms with Gasteiger partial charge in [0.15, 0.2) is 0 Å². The minimum absolute atomic E-state index is 0. The summed E-state index contributed by atoms with van der Waals surface area (Å²) in [6.07, 6.45) is 5.21. The Kier molecular flexibility index (Phi) is 7.44. The summed E-state index contributed by atoms with van der Waals surface area (Å²) < 4.78 is 2.01. The lowest BCUT2D eigenvalue weighted by atomic mass is 10.2. The Morgan fingerprint density at radius 1 is 1.47 bits per heavy atom. The topological polar surface area (TPSA) is 29.9 Å². The molecule has 0 unspecified atom stereocenters. The molecule has 1 rings (SSSR count). The van der Waals surface area contributed by atoms with Gasteiger partial charge in [-0.2, -0.15) is 5.10 Å². The van der Waals surface area contributed by atoms with E-state index in [1.54, 1.807) is 0 Å². The maximum Gasteiger partial charge on any atom is 0.0534 e. The third-order valence-electron chi connectivity index (χ3n) is 2.02. The number of nitrogens with zero attached hydrogens (tertiary/aromatic N) is 2. The first-order valence-corrected chi connectivity index (χ1v) is 5.44. The average molecular weight is 232 g/mol. The molecule has 1 heterocycles. The van der Waals surface area contributed by atoms with E-state index in [-0.39, 0.29) is 12.4 Å². The highest BCUT2D eigenvalue weighted by molar-refractivity contribution is 5.85. The van der Waals surface area contributed by atoms with Gasteiger partial charge in [0.25, 0.3) is 0 Å². The zero-order chi connectivity index (χ0) is 10.4. The predicted octanol–water partition coefficient (Wildman–Crippen LogP) is 2.46. The molecule has 0 radical (unpaired) electrons. The van der Waals surface area contributed by atoms with Gasteiger partial charge in [-0.05, 0) is 18.9 Å². The molecule has 0 aliphatic rings.